The van der Waals surface area contributed by atoms with E-state index in [1.165, 1.54) is 10.9 Å². The second kappa shape index (κ2) is 9.11. The fourth-order valence-electron chi connectivity index (χ4n) is 3.27. The van der Waals surface area contributed by atoms with Crippen LogP contribution in [-0.2, 0) is 16.1 Å². The Labute approximate surface area is 178 Å². The predicted molar refractivity (Wildman–Crippen MR) is 116 cm³/mol. The van der Waals surface area contributed by atoms with E-state index in [1.54, 1.807) is 12.1 Å². The fourth-order valence-corrected chi connectivity index (χ4v) is 3.47. The smallest absolute Gasteiger partial charge is 0.292 e. The molecule has 0 spiro atoms. The maximum Gasteiger partial charge on any atom is 0.292 e. The lowest BCUT2D eigenvalue weighted by Crippen LogP contribution is -2.26. The SMILES string of the molecule is O=C(Nc1cccc(CNc2cnn(-c3ccccc3)c(=O)c2Cl)c1)C1CCCO1. The maximum absolute atomic E-state index is 12.6. The molecule has 2 aromatic carbocycles. The molecule has 2 N–H and O–H groups in total. The average Bonchev–Trinajstić information content (AvgIpc) is 3.31. The van der Waals surface area contributed by atoms with E-state index in [0.717, 1.165) is 18.4 Å². The van der Waals surface area contributed by atoms with Crippen LogP contribution in [0.3, 0.4) is 0 Å². The second-order valence-corrected chi connectivity index (χ2v) is 7.35. The highest BCUT2D eigenvalue weighted by molar-refractivity contribution is 6.32. The molecule has 1 aliphatic heterocycles. The van der Waals surface area contributed by atoms with Crippen LogP contribution in [0.1, 0.15) is 18.4 Å². The van der Waals surface area contributed by atoms with Crippen molar-refractivity contribution in [2.45, 2.75) is 25.5 Å². The molecule has 0 bridgehead atoms. The van der Waals surface area contributed by atoms with E-state index in [1.807, 2.05) is 42.5 Å². The summed E-state index contributed by atoms with van der Waals surface area (Å²) >= 11 is 6.28. The summed E-state index contributed by atoms with van der Waals surface area (Å²) in [6.45, 7) is 1.04. The van der Waals surface area contributed by atoms with Gasteiger partial charge in [0, 0.05) is 18.8 Å². The van der Waals surface area contributed by atoms with Crippen molar-refractivity contribution in [3.8, 4) is 5.69 Å². The molecular weight excluding hydrogens is 404 g/mol. The Morgan fingerprint density at radius 2 is 2.03 bits per heavy atom. The number of ether oxygens (including phenoxy) is 1. The zero-order valence-electron chi connectivity index (χ0n) is 16.2. The molecule has 7 nitrogen and oxygen atoms in total. The molecule has 1 fully saturated rings. The van der Waals surface area contributed by atoms with Crippen molar-refractivity contribution in [2.24, 2.45) is 0 Å². The Hall–Kier alpha value is -3.16. The first-order valence-corrected chi connectivity index (χ1v) is 10.1. The van der Waals surface area contributed by atoms with E-state index < -0.39 is 5.56 Å². The Kier molecular flexibility index (Phi) is 6.11. The van der Waals surface area contributed by atoms with Crippen LogP contribution < -0.4 is 16.2 Å². The first kappa shape index (κ1) is 20.1. The quantitative estimate of drug-likeness (QED) is 0.631. The Morgan fingerprint density at radius 1 is 1.20 bits per heavy atom. The summed E-state index contributed by atoms with van der Waals surface area (Å²) in [6, 6.07) is 16.6. The van der Waals surface area contributed by atoms with Crippen LogP contribution in [0.15, 0.2) is 65.6 Å². The monoisotopic (exact) mass is 424 g/mol. The van der Waals surface area contributed by atoms with E-state index in [9.17, 15) is 9.59 Å². The van der Waals surface area contributed by atoms with Gasteiger partial charge in [-0.1, -0.05) is 41.9 Å². The number of carbonyl (C=O) groups excluding carboxylic acids is 1. The average molecular weight is 425 g/mol. The minimum absolute atomic E-state index is 0.0664. The predicted octanol–water partition coefficient (Wildman–Crippen LogP) is 3.62. The van der Waals surface area contributed by atoms with Gasteiger partial charge in [0.25, 0.3) is 11.5 Å². The number of nitrogens with one attached hydrogen (secondary N) is 2. The molecule has 0 aliphatic carbocycles. The minimum Gasteiger partial charge on any atom is -0.378 e. The topological polar surface area (TPSA) is 85.3 Å². The standard InChI is InChI=1S/C22H21ClN4O3/c23-20-18(14-25-27(22(20)29)17-8-2-1-3-9-17)24-13-15-6-4-7-16(12-15)26-21(28)19-10-5-11-30-19/h1-4,6-9,12,14,19,24H,5,10-11,13H2,(H,26,28). The van der Waals surface area contributed by atoms with Gasteiger partial charge in [-0.3, -0.25) is 9.59 Å². The third-order valence-corrected chi connectivity index (χ3v) is 5.18. The second-order valence-electron chi connectivity index (χ2n) is 6.97. The van der Waals surface area contributed by atoms with Crippen LogP contribution >= 0.6 is 11.6 Å². The first-order valence-electron chi connectivity index (χ1n) is 9.70. The number of halogens is 1. The number of aromatic nitrogens is 2. The molecular formula is C22H21ClN4O3. The number of para-hydroxylation sites is 1. The lowest BCUT2D eigenvalue weighted by atomic mass is 10.2. The van der Waals surface area contributed by atoms with Crippen LogP contribution in [0.2, 0.25) is 5.02 Å². The maximum atomic E-state index is 12.6. The zero-order valence-corrected chi connectivity index (χ0v) is 16.9. The van der Waals surface area contributed by atoms with E-state index in [0.29, 0.717) is 30.2 Å². The van der Waals surface area contributed by atoms with E-state index >= 15 is 0 Å². The van der Waals surface area contributed by atoms with Gasteiger partial charge in [0.1, 0.15) is 11.1 Å². The van der Waals surface area contributed by atoms with Gasteiger partial charge in [0.15, 0.2) is 0 Å². The summed E-state index contributed by atoms with van der Waals surface area (Å²) in [6.07, 6.45) is 2.79. The molecule has 1 unspecified atom stereocenters. The molecule has 4 rings (SSSR count). The zero-order chi connectivity index (χ0) is 20.9. The van der Waals surface area contributed by atoms with Gasteiger partial charge in [0.2, 0.25) is 0 Å². The Morgan fingerprint density at radius 3 is 2.80 bits per heavy atom. The number of hydrogen-bond acceptors (Lipinski definition) is 5. The van der Waals surface area contributed by atoms with Crippen molar-refractivity contribution < 1.29 is 9.53 Å². The normalized spacial score (nSPS) is 15.7. The van der Waals surface area contributed by atoms with Crippen LogP contribution in [-0.4, -0.2) is 28.4 Å². The van der Waals surface area contributed by atoms with Crippen LogP contribution in [0.25, 0.3) is 5.69 Å². The highest BCUT2D eigenvalue weighted by Gasteiger charge is 2.23. The lowest BCUT2D eigenvalue weighted by Gasteiger charge is -2.13. The van der Waals surface area contributed by atoms with Gasteiger partial charge < -0.3 is 15.4 Å². The molecule has 1 atom stereocenters. The summed E-state index contributed by atoms with van der Waals surface area (Å²) in [5.74, 6) is -0.130. The molecule has 1 saturated heterocycles. The largest absolute Gasteiger partial charge is 0.378 e. The number of carbonyl (C=O) groups is 1. The number of amides is 1. The van der Waals surface area contributed by atoms with E-state index in [4.69, 9.17) is 16.3 Å². The van der Waals surface area contributed by atoms with Crippen LogP contribution in [0, 0.1) is 0 Å². The van der Waals surface area contributed by atoms with Gasteiger partial charge in [-0.15, -0.1) is 0 Å². The number of rotatable bonds is 6. The molecule has 8 heteroatoms. The third-order valence-electron chi connectivity index (χ3n) is 4.82. The van der Waals surface area contributed by atoms with Gasteiger partial charge in [0.05, 0.1) is 17.6 Å². The van der Waals surface area contributed by atoms with Crippen LogP contribution in [0.5, 0.6) is 0 Å². The van der Waals surface area contributed by atoms with Gasteiger partial charge >= 0.3 is 0 Å². The fraction of sp³-hybridized carbons (Fsp3) is 0.227. The van der Waals surface area contributed by atoms with Crippen LogP contribution in [0.4, 0.5) is 11.4 Å². The molecule has 1 aromatic heterocycles. The summed E-state index contributed by atoms with van der Waals surface area (Å²) < 4.78 is 6.67. The molecule has 2 heterocycles. The summed E-state index contributed by atoms with van der Waals surface area (Å²) in [4.78, 5) is 24.8. The van der Waals surface area contributed by atoms with Gasteiger partial charge in [-0.05, 0) is 42.7 Å². The molecule has 1 aliphatic rings. The Balaban J connectivity index is 1.44. The van der Waals surface area contributed by atoms with Gasteiger partial charge in [-0.2, -0.15) is 9.78 Å². The van der Waals surface area contributed by atoms with Crippen molar-refractivity contribution in [1.29, 1.82) is 0 Å². The third kappa shape index (κ3) is 4.53. The van der Waals surface area contributed by atoms with E-state index in [2.05, 4.69) is 15.7 Å². The first-order chi connectivity index (χ1) is 14.6. The molecule has 0 radical (unpaired) electrons. The summed E-state index contributed by atoms with van der Waals surface area (Å²) in [7, 11) is 0. The molecule has 154 valence electrons. The highest BCUT2D eigenvalue weighted by Crippen LogP contribution is 2.20. The highest BCUT2D eigenvalue weighted by atomic mass is 35.5. The Bertz CT molecular complexity index is 1100. The van der Waals surface area contributed by atoms with Gasteiger partial charge in [-0.25, -0.2) is 0 Å². The molecule has 3 aromatic rings. The number of nitrogens with zero attached hydrogens (tertiary/aromatic N) is 2. The van der Waals surface area contributed by atoms with Crippen molar-refractivity contribution >= 4 is 28.9 Å². The summed E-state index contributed by atoms with van der Waals surface area (Å²) in [5, 5.41) is 10.3. The van der Waals surface area contributed by atoms with Crippen molar-refractivity contribution in [1.82, 2.24) is 9.78 Å². The molecule has 0 saturated carbocycles. The lowest BCUT2D eigenvalue weighted by molar-refractivity contribution is -0.124. The number of hydrogen-bond donors (Lipinski definition) is 2. The number of benzene rings is 2. The molecule has 1 amide bonds. The number of anilines is 2. The van der Waals surface area contributed by atoms with E-state index in [-0.39, 0.29) is 17.0 Å². The van der Waals surface area contributed by atoms with Crippen molar-refractivity contribution in [3.05, 3.63) is 81.7 Å². The minimum atomic E-state index is -0.398. The molecule has 30 heavy (non-hydrogen) atoms. The summed E-state index contributed by atoms with van der Waals surface area (Å²) in [5.41, 5.74) is 2.31. The van der Waals surface area contributed by atoms with Crippen molar-refractivity contribution in [2.75, 3.05) is 17.2 Å². The van der Waals surface area contributed by atoms with Crippen molar-refractivity contribution in [3.63, 3.8) is 0 Å².